The fourth-order valence-electron chi connectivity index (χ4n) is 2.18. The molecule has 0 saturated carbocycles. The van der Waals surface area contributed by atoms with Gasteiger partial charge in [0, 0.05) is 29.2 Å². The maximum Gasteiger partial charge on any atom is 0.258 e. The van der Waals surface area contributed by atoms with Crippen molar-refractivity contribution >= 4 is 34.8 Å². The summed E-state index contributed by atoms with van der Waals surface area (Å²) in [6.45, 7) is 1.82. The van der Waals surface area contributed by atoms with Gasteiger partial charge in [-0.3, -0.25) is 4.79 Å². The molecule has 3 rings (SSSR count). The molecular formula is C18H13ClF2N4O. The monoisotopic (exact) mass is 374 g/mol. The van der Waals surface area contributed by atoms with Crippen LogP contribution in [0.3, 0.4) is 0 Å². The summed E-state index contributed by atoms with van der Waals surface area (Å²) in [5, 5.41) is 5.94. The van der Waals surface area contributed by atoms with Crippen molar-refractivity contribution in [2.75, 3.05) is 10.6 Å². The number of rotatable bonds is 4. The molecule has 1 aromatic heterocycles. The lowest BCUT2D eigenvalue weighted by Crippen LogP contribution is -2.14. The van der Waals surface area contributed by atoms with E-state index in [0.29, 0.717) is 10.7 Å². The number of carbonyl (C=O) groups is 1. The van der Waals surface area contributed by atoms with Gasteiger partial charge in [0.15, 0.2) is 0 Å². The second kappa shape index (κ2) is 7.45. The molecule has 3 aromatic rings. The number of aromatic nitrogens is 2. The minimum absolute atomic E-state index is 0.0281. The minimum Gasteiger partial charge on any atom is -0.322 e. The highest BCUT2D eigenvalue weighted by Crippen LogP contribution is 2.21. The Morgan fingerprint density at radius 1 is 1.04 bits per heavy atom. The maximum atomic E-state index is 13.6. The van der Waals surface area contributed by atoms with Crippen LogP contribution in [-0.2, 0) is 0 Å². The third kappa shape index (κ3) is 4.12. The number of hydrogen-bond donors (Lipinski definition) is 2. The lowest BCUT2D eigenvalue weighted by atomic mass is 10.2. The molecule has 8 heteroatoms. The molecule has 26 heavy (non-hydrogen) atoms. The quantitative estimate of drug-likeness (QED) is 0.694. The van der Waals surface area contributed by atoms with Crippen LogP contribution in [0.5, 0.6) is 0 Å². The van der Waals surface area contributed by atoms with Crippen LogP contribution in [0.15, 0.2) is 48.8 Å². The van der Waals surface area contributed by atoms with Crippen molar-refractivity contribution in [1.82, 2.24) is 9.97 Å². The van der Waals surface area contributed by atoms with Crippen molar-refractivity contribution in [1.29, 1.82) is 0 Å². The Bertz CT molecular complexity index is 964. The zero-order chi connectivity index (χ0) is 18.7. The van der Waals surface area contributed by atoms with E-state index < -0.39 is 17.5 Å². The lowest BCUT2D eigenvalue weighted by molar-refractivity contribution is 0.102. The van der Waals surface area contributed by atoms with Crippen molar-refractivity contribution < 1.29 is 13.6 Å². The Balaban J connectivity index is 1.71. The number of halogens is 3. The van der Waals surface area contributed by atoms with Crippen LogP contribution in [0.25, 0.3) is 0 Å². The SMILES string of the molecule is Cc1cc(Cl)ccc1NC(=O)c1cnc(Nc2ccc(F)cc2F)nc1. The molecule has 5 nitrogen and oxygen atoms in total. The van der Waals surface area contributed by atoms with Crippen LogP contribution in [0.4, 0.5) is 26.1 Å². The Labute approximate surface area is 153 Å². The van der Waals surface area contributed by atoms with E-state index in [1.807, 2.05) is 6.92 Å². The number of nitrogens with one attached hydrogen (secondary N) is 2. The molecule has 0 aliphatic rings. The van der Waals surface area contributed by atoms with Gasteiger partial charge in [-0.1, -0.05) is 11.6 Å². The van der Waals surface area contributed by atoms with Gasteiger partial charge >= 0.3 is 0 Å². The number of anilines is 3. The molecule has 0 bridgehead atoms. The van der Waals surface area contributed by atoms with Crippen LogP contribution < -0.4 is 10.6 Å². The van der Waals surface area contributed by atoms with Crippen molar-refractivity contribution in [3.8, 4) is 0 Å². The number of benzene rings is 2. The summed E-state index contributed by atoms with van der Waals surface area (Å²) in [5.74, 6) is -1.77. The number of aryl methyl sites for hydroxylation is 1. The van der Waals surface area contributed by atoms with Crippen molar-refractivity contribution in [3.63, 3.8) is 0 Å². The summed E-state index contributed by atoms with van der Waals surface area (Å²) in [5.41, 5.74) is 1.69. The molecule has 1 amide bonds. The summed E-state index contributed by atoms with van der Waals surface area (Å²) in [6.07, 6.45) is 2.61. The van der Waals surface area contributed by atoms with E-state index in [0.717, 1.165) is 17.7 Å². The van der Waals surface area contributed by atoms with E-state index >= 15 is 0 Å². The molecule has 2 aromatic carbocycles. The molecule has 0 aliphatic heterocycles. The first-order valence-electron chi connectivity index (χ1n) is 7.54. The molecule has 132 valence electrons. The van der Waals surface area contributed by atoms with E-state index in [9.17, 15) is 13.6 Å². The number of carbonyl (C=O) groups excluding carboxylic acids is 1. The average Bonchev–Trinajstić information content (AvgIpc) is 2.60. The van der Waals surface area contributed by atoms with Gasteiger partial charge in [0.1, 0.15) is 11.6 Å². The summed E-state index contributed by atoms with van der Waals surface area (Å²) in [4.78, 5) is 20.2. The highest BCUT2D eigenvalue weighted by atomic mass is 35.5. The molecule has 0 aliphatic carbocycles. The highest BCUT2D eigenvalue weighted by molar-refractivity contribution is 6.30. The van der Waals surface area contributed by atoms with Gasteiger partial charge in [-0.15, -0.1) is 0 Å². The normalized spacial score (nSPS) is 10.5. The van der Waals surface area contributed by atoms with Crippen LogP contribution in [0, 0.1) is 18.6 Å². The maximum absolute atomic E-state index is 13.6. The molecule has 0 radical (unpaired) electrons. The van der Waals surface area contributed by atoms with Gasteiger partial charge in [0.05, 0.1) is 11.3 Å². The van der Waals surface area contributed by atoms with Crippen molar-refractivity contribution in [3.05, 3.63) is 76.6 Å². The predicted molar refractivity (Wildman–Crippen MR) is 95.8 cm³/mol. The van der Waals surface area contributed by atoms with Crippen molar-refractivity contribution in [2.45, 2.75) is 6.92 Å². The molecule has 1 heterocycles. The topological polar surface area (TPSA) is 66.9 Å². The molecule has 0 spiro atoms. The van der Waals surface area contributed by atoms with E-state index in [-0.39, 0.29) is 17.2 Å². The second-order valence-electron chi connectivity index (χ2n) is 5.46. The summed E-state index contributed by atoms with van der Waals surface area (Å²) < 4.78 is 26.5. The first kappa shape index (κ1) is 17.8. The zero-order valence-electron chi connectivity index (χ0n) is 13.6. The van der Waals surface area contributed by atoms with E-state index in [1.165, 1.54) is 18.5 Å². The summed E-state index contributed by atoms with van der Waals surface area (Å²) in [6, 6.07) is 8.20. The van der Waals surface area contributed by atoms with Crippen LogP contribution >= 0.6 is 11.6 Å². The number of hydrogen-bond acceptors (Lipinski definition) is 4. The third-order valence-electron chi connectivity index (χ3n) is 3.53. The Hall–Kier alpha value is -3.06. The third-order valence-corrected chi connectivity index (χ3v) is 3.76. The van der Waals surface area contributed by atoms with Gasteiger partial charge in [0.25, 0.3) is 5.91 Å². The largest absolute Gasteiger partial charge is 0.322 e. The van der Waals surface area contributed by atoms with Crippen LogP contribution in [0.2, 0.25) is 5.02 Å². The fourth-order valence-corrected chi connectivity index (χ4v) is 2.41. The second-order valence-corrected chi connectivity index (χ2v) is 5.89. The van der Waals surface area contributed by atoms with Gasteiger partial charge in [-0.25, -0.2) is 18.7 Å². The minimum atomic E-state index is -0.770. The van der Waals surface area contributed by atoms with Crippen molar-refractivity contribution in [2.24, 2.45) is 0 Å². The Morgan fingerprint density at radius 2 is 1.73 bits per heavy atom. The first-order valence-corrected chi connectivity index (χ1v) is 7.92. The molecular weight excluding hydrogens is 362 g/mol. The zero-order valence-corrected chi connectivity index (χ0v) is 14.3. The van der Waals surface area contributed by atoms with Gasteiger partial charge < -0.3 is 10.6 Å². The predicted octanol–water partition coefficient (Wildman–Crippen LogP) is 4.71. The Morgan fingerprint density at radius 3 is 2.38 bits per heavy atom. The summed E-state index contributed by atoms with van der Waals surface area (Å²) >= 11 is 5.89. The van der Waals surface area contributed by atoms with Crippen LogP contribution in [0.1, 0.15) is 15.9 Å². The first-order chi connectivity index (χ1) is 12.4. The van der Waals surface area contributed by atoms with E-state index in [4.69, 9.17) is 11.6 Å². The number of nitrogens with zero attached hydrogens (tertiary/aromatic N) is 2. The summed E-state index contributed by atoms with van der Waals surface area (Å²) in [7, 11) is 0. The average molecular weight is 375 g/mol. The van der Waals surface area contributed by atoms with E-state index in [1.54, 1.807) is 18.2 Å². The lowest BCUT2D eigenvalue weighted by Gasteiger charge is -2.09. The number of amides is 1. The van der Waals surface area contributed by atoms with Crippen LogP contribution in [-0.4, -0.2) is 15.9 Å². The highest BCUT2D eigenvalue weighted by Gasteiger charge is 2.11. The Kier molecular flexibility index (Phi) is 5.09. The fraction of sp³-hybridized carbons (Fsp3) is 0.0556. The van der Waals surface area contributed by atoms with Gasteiger partial charge in [0.2, 0.25) is 5.95 Å². The molecule has 0 unspecified atom stereocenters. The molecule has 0 atom stereocenters. The van der Waals surface area contributed by atoms with Gasteiger partial charge in [-0.2, -0.15) is 0 Å². The molecule has 0 saturated heterocycles. The van der Waals surface area contributed by atoms with Gasteiger partial charge in [-0.05, 0) is 42.8 Å². The molecule has 0 fully saturated rings. The molecule has 2 N–H and O–H groups in total. The standard InChI is InChI=1S/C18H13ClF2N4O/c1-10-6-12(19)2-4-15(10)24-17(26)11-8-22-18(23-9-11)25-16-5-3-13(20)7-14(16)21/h2-9H,1H3,(H,24,26)(H,22,23,25). The van der Waals surface area contributed by atoms with E-state index in [2.05, 4.69) is 20.6 Å². The smallest absolute Gasteiger partial charge is 0.258 e.